The highest BCUT2D eigenvalue weighted by atomic mass is 16.6. The van der Waals surface area contributed by atoms with Gasteiger partial charge in [0.25, 0.3) is 0 Å². The molecule has 0 amide bonds. The fourth-order valence-corrected chi connectivity index (χ4v) is 1.83. The van der Waals surface area contributed by atoms with Crippen LogP contribution in [0.25, 0.3) is 0 Å². The zero-order valence-corrected chi connectivity index (χ0v) is 5.75. The van der Waals surface area contributed by atoms with Gasteiger partial charge in [0.05, 0.1) is 12.0 Å². The summed E-state index contributed by atoms with van der Waals surface area (Å²) in [6, 6.07) is -0.0127. The van der Waals surface area contributed by atoms with E-state index >= 15 is 0 Å². The van der Waals surface area contributed by atoms with Crippen LogP contribution in [0.4, 0.5) is 0 Å². The summed E-state index contributed by atoms with van der Waals surface area (Å²) >= 11 is 0. The lowest BCUT2D eigenvalue weighted by Gasteiger charge is -2.20. The van der Waals surface area contributed by atoms with Gasteiger partial charge in [-0.05, 0) is 19.3 Å². The summed E-state index contributed by atoms with van der Waals surface area (Å²) in [6.07, 6.45) is 3.01. The highest BCUT2D eigenvalue weighted by Crippen LogP contribution is 2.32. The maximum Gasteiger partial charge on any atom is 0.310 e. The molecule has 1 saturated heterocycles. The molecule has 0 unspecified atom stereocenters. The normalized spacial score (nSPS) is 45.3. The molecule has 2 N–H and O–H groups in total. The lowest BCUT2D eigenvalue weighted by molar-refractivity contribution is -0.143. The van der Waals surface area contributed by atoms with Gasteiger partial charge in [0, 0.05) is 0 Å². The number of carbonyl (C=O) groups excluding carboxylic acids is 1. The Bertz CT molecular complexity index is 169. The molecule has 3 nitrogen and oxygen atoms in total. The van der Waals surface area contributed by atoms with Crippen molar-refractivity contribution in [2.45, 2.75) is 31.4 Å². The van der Waals surface area contributed by atoms with Crippen molar-refractivity contribution in [2.75, 3.05) is 0 Å². The van der Waals surface area contributed by atoms with Gasteiger partial charge in [0.1, 0.15) is 6.10 Å². The van der Waals surface area contributed by atoms with Crippen molar-refractivity contribution in [3.8, 4) is 0 Å². The van der Waals surface area contributed by atoms with Gasteiger partial charge in [-0.15, -0.1) is 0 Å². The molecule has 2 fully saturated rings. The number of ether oxygens (including phenoxy) is 1. The number of hydrogen-bond donors (Lipinski definition) is 1. The second-order valence-corrected chi connectivity index (χ2v) is 3.09. The van der Waals surface area contributed by atoms with Crippen molar-refractivity contribution in [2.24, 2.45) is 11.7 Å². The number of carbonyl (C=O) groups is 1. The van der Waals surface area contributed by atoms with Crippen molar-refractivity contribution in [1.82, 2.24) is 0 Å². The molecule has 1 aliphatic carbocycles. The van der Waals surface area contributed by atoms with Gasteiger partial charge in [0.2, 0.25) is 0 Å². The minimum Gasteiger partial charge on any atom is -0.460 e. The zero-order chi connectivity index (χ0) is 7.14. The molecule has 0 aromatic rings. The van der Waals surface area contributed by atoms with Crippen LogP contribution in [0.5, 0.6) is 0 Å². The topological polar surface area (TPSA) is 52.3 Å². The van der Waals surface area contributed by atoms with E-state index in [0.29, 0.717) is 0 Å². The summed E-state index contributed by atoms with van der Waals surface area (Å²) < 4.78 is 5.03. The molecule has 2 rings (SSSR count). The molecular formula is C7H11NO2. The molecular weight excluding hydrogens is 130 g/mol. The van der Waals surface area contributed by atoms with E-state index in [2.05, 4.69) is 0 Å². The molecule has 2 aliphatic rings. The molecule has 2 bridgehead atoms. The highest BCUT2D eigenvalue weighted by Gasteiger charge is 2.44. The van der Waals surface area contributed by atoms with E-state index in [0.717, 1.165) is 19.3 Å². The highest BCUT2D eigenvalue weighted by molar-refractivity contribution is 5.76. The Morgan fingerprint density at radius 3 is 2.90 bits per heavy atom. The number of rotatable bonds is 0. The number of nitrogens with two attached hydrogens (primary N) is 1. The Hall–Kier alpha value is -0.570. The largest absolute Gasteiger partial charge is 0.460 e. The van der Waals surface area contributed by atoms with E-state index in [1.807, 2.05) is 0 Å². The Morgan fingerprint density at radius 1 is 1.50 bits per heavy atom. The van der Waals surface area contributed by atoms with Crippen LogP contribution >= 0.6 is 0 Å². The van der Waals surface area contributed by atoms with Crippen LogP contribution in [0.2, 0.25) is 0 Å². The van der Waals surface area contributed by atoms with E-state index in [-0.39, 0.29) is 24.0 Å². The van der Waals surface area contributed by atoms with E-state index in [1.54, 1.807) is 0 Å². The summed E-state index contributed by atoms with van der Waals surface area (Å²) in [6.45, 7) is 0. The van der Waals surface area contributed by atoms with Gasteiger partial charge in [-0.1, -0.05) is 0 Å². The minimum atomic E-state index is -0.0741. The fourth-order valence-electron chi connectivity index (χ4n) is 1.83. The predicted molar refractivity (Wildman–Crippen MR) is 35.2 cm³/mol. The van der Waals surface area contributed by atoms with Crippen molar-refractivity contribution in [3.05, 3.63) is 0 Å². The fraction of sp³-hybridized carbons (Fsp3) is 0.857. The van der Waals surface area contributed by atoms with Crippen LogP contribution in [-0.2, 0) is 9.53 Å². The lowest BCUT2D eigenvalue weighted by Crippen LogP contribution is -2.38. The maximum atomic E-state index is 11.0. The predicted octanol–water partition coefficient (Wildman–Crippen LogP) is 0.0392. The third-order valence-electron chi connectivity index (χ3n) is 2.47. The summed E-state index contributed by atoms with van der Waals surface area (Å²) in [4.78, 5) is 11.0. The van der Waals surface area contributed by atoms with E-state index in [4.69, 9.17) is 10.5 Å². The molecule has 1 saturated carbocycles. The van der Waals surface area contributed by atoms with Gasteiger partial charge >= 0.3 is 5.97 Å². The molecule has 0 radical (unpaired) electrons. The van der Waals surface area contributed by atoms with Crippen molar-refractivity contribution in [1.29, 1.82) is 0 Å². The second kappa shape index (κ2) is 1.95. The Labute approximate surface area is 59.5 Å². The van der Waals surface area contributed by atoms with Gasteiger partial charge in [0.15, 0.2) is 0 Å². The average molecular weight is 141 g/mol. The molecule has 10 heavy (non-hydrogen) atoms. The summed E-state index contributed by atoms with van der Waals surface area (Å²) in [5.74, 6) is -0.0613. The van der Waals surface area contributed by atoms with Crippen LogP contribution in [0.3, 0.4) is 0 Å². The first-order valence-corrected chi connectivity index (χ1v) is 3.75. The van der Waals surface area contributed by atoms with Crippen LogP contribution in [0.1, 0.15) is 19.3 Å². The van der Waals surface area contributed by atoms with Gasteiger partial charge < -0.3 is 10.5 Å². The van der Waals surface area contributed by atoms with Gasteiger partial charge in [-0.3, -0.25) is 4.79 Å². The van der Waals surface area contributed by atoms with E-state index in [9.17, 15) is 4.79 Å². The number of hydrogen-bond acceptors (Lipinski definition) is 3. The second-order valence-electron chi connectivity index (χ2n) is 3.09. The first kappa shape index (κ1) is 6.16. The van der Waals surface area contributed by atoms with E-state index < -0.39 is 0 Å². The zero-order valence-electron chi connectivity index (χ0n) is 5.75. The van der Waals surface area contributed by atoms with Crippen LogP contribution in [0, 0.1) is 5.92 Å². The Kier molecular flexibility index (Phi) is 1.20. The van der Waals surface area contributed by atoms with Gasteiger partial charge in [-0.2, -0.15) is 0 Å². The Balaban J connectivity index is 2.22. The van der Waals surface area contributed by atoms with Crippen LogP contribution in [-0.4, -0.2) is 18.1 Å². The molecule has 0 aromatic heterocycles. The first-order valence-electron chi connectivity index (χ1n) is 3.75. The number of esters is 1. The summed E-state index contributed by atoms with van der Waals surface area (Å²) in [7, 11) is 0. The Morgan fingerprint density at radius 2 is 2.30 bits per heavy atom. The van der Waals surface area contributed by atoms with Crippen molar-refractivity contribution >= 4 is 5.97 Å². The smallest absolute Gasteiger partial charge is 0.310 e. The lowest BCUT2D eigenvalue weighted by atomic mass is 9.86. The third-order valence-corrected chi connectivity index (χ3v) is 2.47. The van der Waals surface area contributed by atoms with Crippen molar-refractivity contribution < 1.29 is 9.53 Å². The molecule has 1 heterocycles. The minimum absolute atomic E-state index is 0.0127. The summed E-state index contributed by atoms with van der Waals surface area (Å²) in [5, 5.41) is 0. The van der Waals surface area contributed by atoms with Gasteiger partial charge in [-0.25, -0.2) is 0 Å². The molecule has 3 atom stereocenters. The molecule has 0 spiro atoms. The average Bonchev–Trinajstić information content (AvgIpc) is 2.16. The molecule has 0 aromatic carbocycles. The molecule has 3 heteroatoms. The molecule has 56 valence electrons. The SMILES string of the molecule is N[C@H]1[C@H]2CCC[C@H]1C(=O)O2. The monoisotopic (exact) mass is 141 g/mol. The summed E-state index contributed by atoms with van der Waals surface area (Å²) in [5.41, 5.74) is 5.73. The molecule has 1 aliphatic heterocycles. The maximum absolute atomic E-state index is 11.0. The first-order chi connectivity index (χ1) is 4.79. The van der Waals surface area contributed by atoms with E-state index in [1.165, 1.54) is 0 Å². The van der Waals surface area contributed by atoms with Crippen LogP contribution in [0.15, 0.2) is 0 Å². The van der Waals surface area contributed by atoms with Crippen LogP contribution < -0.4 is 5.73 Å². The quantitative estimate of drug-likeness (QED) is 0.484. The van der Waals surface area contributed by atoms with Crippen molar-refractivity contribution in [3.63, 3.8) is 0 Å². The standard InChI is InChI=1S/C7H11NO2/c8-6-4-2-1-3-5(6)10-7(4)9/h4-6H,1-3,8H2/t4-,5-,6-/m1/s1. The number of fused-ring (bicyclic) bond motifs is 2. The third kappa shape index (κ3) is 0.669.